The molecule has 5 heteroatoms. The van der Waals surface area contributed by atoms with Crippen LogP contribution in [0.2, 0.25) is 0 Å². The maximum atomic E-state index is 11.8. The zero-order chi connectivity index (χ0) is 15.1. The van der Waals surface area contributed by atoms with E-state index in [4.69, 9.17) is 15.2 Å². The van der Waals surface area contributed by atoms with E-state index in [1.807, 2.05) is 32.8 Å². The average molecular weight is 280 g/mol. The number of nitrogens with zero attached hydrogens (tertiary/aromatic N) is 1. The number of nitrogen functional groups attached to an aromatic ring is 1. The molecule has 20 heavy (non-hydrogen) atoms. The van der Waals surface area contributed by atoms with Crippen molar-refractivity contribution < 1.29 is 14.3 Å². The fourth-order valence-corrected chi connectivity index (χ4v) is 1.47. The zero-order valence-corrected chi connectivity index (χ0v) is 12.7. The number of ether oxygens (including phenoxy) is 2. The molecule has 0 saturated carbocycles. The van der Waals surface area contributed by atoms with Gasteiger partial charge in [-0.2, -0.15) is 0 Å². The molecule has 0 bridgehead atoms. The molecule has 0 aliphatic carbocycles. The predicted molar refractivity (Wildman–Crippen MR) is 80.0 cm³/mol. The normalized spacial score (nSPS) is 10.9. The van der Waals surface area contributed by atoms with Crippen LogP contribution in [0.1, 0.15) is 24.2 Å². The van der Waals surface area contributed by atoms with Gasteiger partial charge in [0.25, 0.3) is 0 Å². The third kappa shape index (κ3) is 5.48. The van der Waals surface area contributed by atoms with E-state index in [-0.39, 0.29) is 5.97 Å². The largest absolute Gasteiger partial charge is 0.490 e. The number of carbonyl (C=O) groups is 1. The van der Waals surface area contributed by atoms with Gasteiger partial charge in [-0.15, -0.1) is 0 Å². The van der Waals surface area contributed by atoms with Crippen molar-refractivity contribution in [1.29, 1.82) is 0 Å². The van der Waals surface area contributed by atoms with E-state index in [1.54, 1.807) is 18.2 Å². The first kappa shape index (κ1) is 16.3. The topological polar surface area (TPSA) is 64.8 Å². The third-order valence-corrected chi connectivity index (χ3v) is 2.59. The van der Waals surface area contributed by atoms with Crippen molar-refractivity contribution >= 4 is 11.7 Å². The Balaban J connectivity index is 2.60. The molecule has 0 unspecified atom stereocenters. The number of anilines is 1. The smallest absolute Gasteiger partial charge is 0.338 e. The first-order chi connectivity index (χ1) is 9.40. The predicted octanol–water partition coefficient (Wildman–Crippen LogP) is 2.02. The molecule has 0 saturated heterocycles. The Morgan fingerprint density at radius 3 is 2.60 bits per heavy atom. The molecule has 0 radical (unpaired) electrons. The summed E-state index contributed by atoms with van der Waals surface area (Å²) in [6.45, 7) is 5.73. The highest BCUT2D eigenvalue weighted by Gasteiger charge is 2.11. The third-order valence-electron chi connectivity index (χ3n) is 2.59. The van der Waals surface area contributed by atoms with E-state index in [1.165, 1.54) is 0 Å². The fraction of sp³-hybridized carbons (Fsp3) is 0.533. The molecule has 1 aromatic carbocycles. The number of carbonyl (C=O) groups excluding carboxylic acids is 1. The lowest BCUT2D eigenvalue weighted by Crippen LogP contribution is -2.19. The molecule has 0 heterocycles. The summed E-state index contributed by atoms with van der Waals surface area (Å²) in [6.07, 6.45) is 0. The molecule has 0 fully saturated rings. The van der Waals surface area contributed by atoms with Gasteiger partial charge < -0.3 is 20.1 Å². The van der Waals surface area contributed by atoms with E-state index in [9.17, 15) is 4.79 Å². The Hall–Kier alpha value is -1.75. The van der Waals surface area contributed by atoms with Crippen molar-refractivity contribution in [3.63, 3.8) is 0 Å². The SMILES string of the molecule is CC(C)COC(=O)c1ccc(OCCN(C)C)c(N)c1. The van der Waals surface area contributed by atoms with E-state index >= 15 is 0 Å². The number of benzene rings is 1. The van der Waals surface area contributed by atoms with Gasteiger partial charge in [0, 0.05) is 6.54 Å². The van der Waals surface area contributed by atoms with Gasteiger partial charge in [0.2, 0.25) is 0 Å². The van der Waals surface area contributed by atoms with Gasteiger partial charge in [-0.25, -0.2) is 4.79 Å². The summed E-state index contributed by atoms with van der Waals surface area (Å²) < 4.78 is 10.7. The molecular weight excluding hydrogens is 256 g/mol. The van der Waals surface area contributed by atoms with Crippen LogP contribution in [0.4, 0.5) is 5.69 Å². The van der Waals surface area contributed by atoms with Crippen LogP contribution >= 0.6 is 0 Å². The van der Waals surface area contributed by atoms with Crippen molar-refractivity contribution in [3.8, 4) is 5.75 Å². The molecule has 2 N–H and O–H groups in total. The Morgan fingerprint density at radius 1 is 1.35 bits per heavy atom. The second-order valence-electron chi connectivity index (χ2n) is 5.40. The van der Waals surface area contributed by atoms with Crippen LogP contribution in [0.3, 0.4) is 0 Å². The summed E-state index contributed by atoms with van der Waals surface area (Å²) in [5, 5.41) is 0. The first-order valence-corrected chi connectivity index (χ1v) is 6.74. The Kier molecular flexibility index (Phi) is 6.31. The van der Waals surface area contributed by atoms with Crippen molar-refractivity contribution in [3.05, 3.63) is 23.8 Å². The van der Waals surface area contributed by atoms with Gasteiger partial charge in [0.1, 0.15) is 12.4 Å². The Morgan fingerprint density at radius 2 is 2.05 bits per heavy atom. The van der Waals surface area contributed by atoms with Gasteiger partial charge in [-0.3, -0.25) is 0 Å². The molecule has 1 aromatic rings. The summed E-state index contributed by atoms with van der Waals surface area (Å²) >= 11 is 0. The number of rotatable bonds is 7. The van der Waals surface area contributed by atoms with Gasteiger partial charge >= 0.3 is 5.97 Å². The highest BCUT2D eigenvalue weighted by Crippen LogP contribution is 2.23. The van der Waals surface area contributed by atoms with Gasteiger partial charge in [0.05, 0.1) is 17.9 Å². The monoisotopic (exact) mass is 280 g/mol. The molecule has 0 aliphatic rings. The van der Waals surface area contributed by atoms with Crippen LogP contribution in [-0.4, -0.2) is 44.7 Å². The molecule has 1 rings (SSSR count). The molecule has 5 nitrogen and oxygen atoms in total. The van der Waals surface area contributed by atoms with Crippen LogP contribution in [0.25, 0.3) is 0 Å². The minimum atomic E-state index is -0.356. The number of likely N-dealkylation sites (N-methyl/N-ethyl adjacent to an activating group) is 1. The van der Waals surface area contributed by atoms with Crippen LogP contribution in [0.15, 0.2) is 18.2 Å². The molecule has 112 valence electrons. The second kappa shape index (κ2) is 7.75. The molecular formula is C15H24N2O3. The standard InChI is InChI=1S/C15H24N2O3/c1-11(2)10-20-15(18)12-5-6-14(13(16)9-12)19-8-7-17(3)4/h5-6,9,11H,7-8,10,16H2,1-4H3. The van der Waals surface area contributed by atoms with Crippen molar-refractivity contribution in [2.24, 2.45) is 5.92 Å². The quantitative estimate of drug-likeness (QED) is 0.611. The second-order valence-corrected chi connectivity index (χ2v) is 5.40. The van der Waals surface area contributed by atoms with E-state index in [0.717, 1.165) is 6.54 Å². The van der Waals surface area contributed by atoms with Crippen molar-refractivity contribution in [2.45, 2.75) is 13.8 Å². The maximum absolute atomic E-state index is 11.8. The van der Waals surface area contributed by atoms with Gasteiger partial charge in [0.15, 0.2) is 0 Å². The lowest BCUT2D eigenvalue weighted by atomic mass is 10.2. The summed E-state index contributed by atoms with van der Waals surface area (Å²) in [4.78, 5) is 13.8. The molecule has 0 spiro atoms. The minimum absolute atomic E-state index is 0.310. The first-order valence-electron chi connectivity index (χ1n) is 6.74. The fourth-order valence-electron chi connectivity index (χ4n) is 1.47. The minimum Gasteiger partial charge on any atom is -0.490 e. The Labute approximate surface area is 120 Å². The van der Waals surface area contributed by atoms with E-state index in [0.29, 0.717) is 36.1 Å². The van der Waals surface area contributed by atoms with Gasteiger partial charge in [-0.1, -0.05) is 13.8 Å². The molecule has 0 amide bonds. The van der Waals surface area contributed by atoms with Crippen LogP contribution < -0.4 is 10.5 Å². The summed E-state index contributed by atoms with van der Waals surface area (Å²) in [5.41, 5.74) is 6.78. The molecule has 0 aliphatic heterocycles. The number of hydrogen-bond acceptors (Lipinski definition) is 5. The van der Waals surface area contributed by atoms with E-state index in [2.05, 4.69) is 0 Å². The number of nitrogens with two attached hydrogens (primary N) is 1. The number of esters is 1. The maximum Gasteiger partial charge on any atom is 0.338 e. The zero-order valence-electron chi connectivity index (χ0n) is 12.7. The van der Waals surface area contributed by atoms with Crippen LogP contribution in [0, 0.1) is 5.92 Å². The molecule has 0 aromatic heterocycles. The highest BCUT2D eigenvalue weighted by molar-refractivity contribution is 5.91. The summed E-state index contributed by atoms with van der Waals surface area (Å²) in [5.74, 6) is 0.544. The Bertz CT molecular complexity index is 445. The van der Waals surface area contributed by atoms with Crippen molar-refractivity contribution in [1.82, 2.24) is 4.90 Å². The lowest BCUT2D eigenvalue weighted by Gasteiger charge is -2.13. The molecule has 0 atom stereocenters. The lowest BCUT2D eigenvalue weighted by molar-refractivity contribution is 0.0459. The van der Waals surface area contributed by atoms with Crippen LogP contribution in [0.5, 0.6) is 5.75 Å². The summed E-state index contributed by atoms with van der Waals surface area (Å²) in [7, 11) is 3.95. The van der Waals surface area contributed by atoms with Crippen LogP contribution in [-0.2, 0) is 4.74 Å². The number of hydrogen-bond donors (Lipinski definition) is 1. The van der Waals surface area contributed by atoms with Crippen molar-refractivity contribution in [2.75, 3.05) is 39.6 Å². The van der Waals surface area contributed by atoms with Gasteiger partial charge in [-0.05, 0) is 38.2 Å². The summed E-state index contributed by atoms with van der Waals surface area (Å²) in [6, 6.07) is 4.97. The average Bonchev–Trinajstić information content (AvgIpc) is 2.37. The highest BCUT2D eigenvalue weighted by atomic mass is 16.5. The van der Waals surface area contributed by atoms with E-state index < -0.39 is 0 Å².